The highest BCUT2D eigenvalue weighted by molar-refractivity contribution is 6.31. The maximum atomic E-state index is 13.3. The minimum Gasteiger partial charge on any atom is -0.494 e. The molecule has 1 atom stereocenters. The molecule has 0 aliphatic heterocycles. The van der Waals surface area contributed by atoms with Crippen LogP contribution in [-0.2, 0) is 6.42 Å². The van der Waals surface area contributed by atoms with Crippen LogP contribution >= 0.6 is 11.6 Å². The Labute approximate surface area is 121 Å². The van der Waals surface area contributed by atoms with E-state index in [1.54, 1.807) is 18.2 Å². The standard InChI is InChI=1S/C15H14ClF2NO/c1-20-15-7-10(3-5-13(15)18)14(19)6-9-2-4-11(17)8-12(9)16/h2-5,7-8,14H,6,19H2,1H3. The number of ether oxygens (including phenoxy) is 1. The molecule has 106 valence electrons. The van der Waals surface area contributed by atoms with Crippen molar-refractivity contribution in [3.63, 3.8) is 0 Å². The van der Waals surface area contributed by atoms with Crippen molar-refractivity contribution in [1.82, 2.24) is 0 Å². The van der Waals surface area contributed by atoms with E-state index in [9.17, 15) is 8.78 Å². The fourth-order valence-electron chi connectivity index (χ4n) is 1.95. The van der Waals surface area contributed by atoms with Gasteiger partial charge in [0.25, 0.3) is 0 Å². The van der Waals surface area contributed by atoms with Crippen LogP contribution in [0.1, 0.15) is 17.2 Å². The summed E-state index contributed by atoms with van der Waals surface area (Å²) in [6.07, 6.45) is 0.425. The summed E-state index contributed by atoms with van der Waals surface area (Å²) in [7, 11) is 1.39. The van der Waals surface area contributed by atoms with Crippen LogP contribution < -0.4 is 10.5 Å². The van der Waals surface area contributed by atoms with Crippen molar-refractivity contribution in [1.29, 1.82) is 0 Å². The summed E-state index contributed by atoms with van der Waals surface area (Å²) in [6.45, 7) is 0. The normalized spacial score (nSPS) is 12.2. The van der Waals surface area contributed by atoms with Gasteiger partial charge in [-0.1, -0.05) is 23.7 Å². The Morgan fingerprint density at radius 2 is 1.95 bits per heavy atom. The van der Waals surface area contributed by atoms with E-state index in [2.05, 4.69) is 0 Å². The largest absolute Gasteiger partial charge is 0.494 e. The fourth-order valence-corrected chi connectivity index (χ4v) is 2.19. The van der Waals surface area contributed by atoms with Gasteiger partial charge in [0.05, 0.1) is 7.11 Å². The maximum Gasteiger partial charge on any atom is 0.165 e. The second-order valence-electron chi connectivity index (χ2n) is 4.44. The Kier molecular flexibility index (Phi) is 4.57. The van der Waals surface area contributed by atoms with E-state index in [-0.39, 0.29) is 11.8 Å². The molecule has 5 heteroatoms. The first-order chi connectivity index (χ1) is 9.51. The van der Waals surface area contributed by atoms with Crippen LogP contribution in [0.25, 0.3) is 0 Å². The molecule has 20 heavy (non-hydrogen) atoms. The van der Waals surface area contributed by atoms with Crippen molar-refractivity contribution in [3.05, 3.63) is 64.2 Å². The van der Waals surface area contributed by atoms with E-state index in [1.807, 2.05) is 0 Å². The van der Waals surface area contributed by atoms with Crippen LogP contribution in [0.2, 0.25) is 5.02 Å². The van der Waals surface area contributed by atoms with Gasteiger partial charge in [0.1, 0.15) is 5.82 Å². The molecule has 0 aliphatic carbocycles. The van der Waals surface area contributed by atoms with Gasteiger partial charge in [-0.3, -0.25) is 0 Å². The Hall–Kier alpha value is -1.65. The first-order valence-electron chi connectivity index (χ1n) is 6.04. The summed E-state index contributed by atoms with van der Waals surface area (Å²) in [6, 6.07) is 8.25. The van der Waals surface area contributed by atoms with Gasteiger partial charge >= 0.3 is 0 Å². The van der Waals surface area contributed by atoms with Crippen LogP contribution in [0.15, 0.2) is 36.4 Å². The maximum absolute atomic E-state index is 13.3. The van der Waals surface area contributed by atoms with Gasteiger partial charge in [-0.25, -0.2) is 8.78 Å². The van der Waals surface area contributed by atoms with Gasteiger partial charge in [-0.2, -0.15) is 0 Å². The van der Waals surface area contributed by atoms with Crippen molar-refractivity contribution < 1.29 is 13.5 Å². The zero-order valence-corrected chi connectivity index (χ0v) is 11.6. The number of hydrogen-bond donors (Lipinski definition) is 1. The number of halogens is 3. The van der Waals surface area contributed by atoms with E-state index in [0.29, 0.717) is 11.4 Å². The third-order valence-electron chi connectivity index (χ3n) is 3.06. The molecule has 0 spiro atoms. The molecule has 0 saturated carbocycles. The minimum atomic E-state index is -0.441. The Bertz CT molecular complexity index is 619. The van der Waals surface area contributed by atoms with E-state index < -0.39 is 11.6 Å². The number of nitrogens with two attached hydrogens (primary N) is 1. The number of benzene rings is 2. The van der Waals surface area contributed by atoms with Gasteiger partial charge in [-0.15, -0.1) is 0 Å². The van der Waals surface area contributed by atoms with Gasteiger partial charge in [0.15, 0.2) is 11.6 Å². The predicted octanol–water partition coefficient (Wildman–Crippen LogP) is 3.87. The molecular formula is C15H14ClF2NO. The lowest BCUT2D eigenvalue weighted by molar-refractivity contribution is 0.385. The molecule has 2 N–H and O–H groups in total. The van der Waals surface area contributed by atoms with Gasteiger partial charge < -0.3 is 10.5 Å². The highest BCUT2D eigenvalue weighted by Gasteiger charge is 2.13. The molecule has 2 rings (SSSR count). The second-order valence-corrected chi connectivity index (χ2v) is 4.85. The van der Waals surface area contributed by atoms with Crippen molar-refractivity contribution in [2.75, 3.05) is 7.11 Å². The van der Waals surface area contributed by atoms with Gasteiger partial charge in [0.2, 0.25) is 0 Å². The molecule has 0 radical (unpaired) electrons. The molecule has 0 fully saturated rings. The Balaban J connectivity index is 2.21. The quantitative estimate of drug-likeness (QED) is 0.930. The summed E-state index contributed by atoms with van der Waals surface area (Å²) in [5.74, 6) is -0.692. The van der Waals surface area contributed by atoms with Crippen LogP contribution in [0.3, 0.4) is 0 Å². The second kappa shape index (κ2) is 6.20. The molecule has 2 aromatic rings. The van der Waals surface area contributed by atoms with Crippen LogP contribution in [0, 0.1) is 11.6 Å². The molecule has 2 aromatic carbocycles. The zero-order chi connectivity index (χ0) is 14.7. The van der Waals surface area contributed by atoms with Crippen LogP contribution in [0.4, 0.5) is 8.78 Å². The van der Waals surface area contributed by atoms with Crippen molar-refractivity contribution in [2.45, 2.75) is 12.5 Å². The summed E-state index contributed by atoms with van der Waals surface area (Å²) in [5.41, 5.74) is 7.54. The Morgan fingerprint density at radius 1 is 1.20 bits per heavy atom. The molecule has 1 unspecified atom stereocenters. The van der Waals surface area contributed by atoms with Crippen molar-refractivity contribution in [2.24, 2.45) is 5.73 Å². The number of hydrogen-bond acceptors (Lipinski definition) is 2. The number of rotatable bonds is 4. The molecule has 0 aliphatic rings. The summed E-state index contributed by atoms with van der Waals surface area (Å²) < 4.78 is 31.2. The molecule has 0 aromatic heterocycles. The van der Waals surface area contributed by atoms with E-state index in [4.69, 9.17) is 22.1 Å². The van der Waals surface area contributed by atoms with E-state index in [0.717, 1.165) is 11.1 Å². The lowest BCUT2D eigenvalue weighted by atomic mass is 9.99. The van der Waals surface area contributed by atoms with Crippen LogP contribution in [-0.4, -0.2) is 7.11 Å². The number of methoxy groups -OCH3 is 1. The van der Waals surface area contributed by atoms with Crippen LogP contribution in [0.5, 0.6) is 5.75 Å². The first-order valence-corrected chi connectivity index (χ1v) is 6.42. The molecule has 0 heterocycles. The SMILES string of the molecule is COc1cc(C(N)Cc2ccc(F)cc2Cl)ccc1F. The average Bonchev–Trinajstić information content (AvgIpc) is 2.42. The average molecular weight is 298 g/mol. The van der Waals surface area contributed by atoms with Gasteiger partial charge in [-0.05, 0) is 41.8 Å². The van der Waals surface area contributed by atoms with Crippen molar-refractivity contribution in [3.8, 4) is 5.75 Å². The van der Waals surface area contributed by atoms with E-state index in [1.165, 1.54) is 25.3 Å². The smallest absolute Gasteiger partial charge is 0.165 e. The predicted molar refractivity (Wildman–Crippen MR) is 75.0 cm³/mol. The summed E-state index contributed by atoms with van der Waals surface area (Å²) >= 11 is 5.96. The highest BCUT2D eigenvalue weighted by atomic mass is 35.5. The first kappa shape index (κ1) is 14.8. The summed E-state index contributed by atoms with van der Waals surface area (Å²) in [5, 5.41) is 0.328. The third kappa shape index (κ3) is 3.26. The summed E-state index contributed by atoms with van der Waals surface area (Å²) in [4.78, 5) is 0. The van der Waals surface area contributed by atoms with Crippen molar-refractivity contribution >= 4 is 11.6 Å². The third-order valence-corrected chi connectivity index (χ3v) is 3.41. The monoisotopic (exact) mass is 297 g/mol. The fraction of sp³-hybridized carbons (Fsp3) is 0.200. The lowest BCUT2D eigenvalue weighted by Gasteiger charge is -2.14. The highest BCUT2D eigenvalue weighted by Crippen LogP contribution is 2.26. The van der Waals surface area contributed by atoms with E-state index >= 15 is 0 Å². The lowest BCUT2D eigenvalue weighted by Crippen LogP contribution is -2.14. The topological polar surface area (TPSA) is 35.2 Å². The molecule has 0 saturated heterocycles. The molecule has 2 nitrogen and oxygen atoms in total. The van der Waals surface area contributed by atoms with Gasteiger partial charge in [0, 0.05) is 11.1 Å². The molecular weight excluding hydrogens is 284 g/mol. The minimum absolute atomic E-state index is 0.142. The molecule has 0 amide bonds. The zero-order valence-electron chi connectivity index (χ0n) is 10.9. The Morgan fingerprint density at radius 3 is 2.60 bits per heavy atom. The molecule has 0 bridgehead atoms.